The van der Waals surface area contributed by atoms with E-state index in [0.29, 0.717) is 0 Å². The van der Waals surface area contributed by atoms with Crippen LogP contribution in [0.15, 0.2) is 23.0 Å². The van der Waals surface area contributed by atoms with Crippen LogP contribution >= 0.6 is 0 Å². The van der Waals surface area contributed by atoms with Crippen LogP contribution in [0.5, 0.6) is 0 Å². The van der Waals surface area contributed by atoms with Gasteiger partial charge in [-0.3, -0.25) is 9.35 Å². The molecule has 0 fully saturated rings. The summed E-state index contributed by atoms with van der Waals surface area (Å²) >= 11 is 0. The quantitative estimate of drug-likeness (QED) is 0.428. The summed E-state index contributed by atoms with van der Waals surface area (Å²) in [5, 5.41) is 8.20. The van der Waals surface area contributed by atoms with Crippen molar-refractivity contribution in [1.82, 2.24) is 0 Å². The number of hydrogen-bond acceptors (Lipinski definition) is 1. The summed E-state index contributed by atoms with van der Waals surface area (Å²) in [7, 11) is -2.40. The molecule has 3 heteroatoms. The second-order valence-electron chi connectivity index (χ2n) is 1.45. The van der Waals surface area contributed by atoms with Crippen LogP contribution < -0.4 is 5.14 Å². The van der Waals surface area contributed by atoms with Crippen molar-refractivity contribution in [3.63, 3.8) is 0 Å². The average molecular weight is 117 g/mol. The smallest absolute Gasteiger partial charge is 0.00572 e. The van der Waals surface area contributed by atoms with Gasteiger partial charge in [-0.1, -0.05) is 12.2 Å². The Morgan fingerprint density at radius 1 is 1.29 bits per heavy atom. The Labute approximate surface area is 43.3 Å². The molecule has 0 amide bonds. The van der Waals surface area contributed by atoms with Crippen molar-refractivity contribution >= 4 is 10.1 Å². The fraction of sp³-hybridized carbons (Fsp3) is 0. The largest absolute Gasteiger partial charge is 0.267 e. The number of rotatable bonds is 0. The molecule has 2 nitrogen and oxygen atoms in total. The van der Waals surface area contributed by atoms with Crippen molar-refractivity contribution in [1.29, 1.82) is 0 Å². The van der Waals surface area contributed by atoms with Crippen LogP contribution in [0.3, 0.4) is 0 Å². The van der Waals surface area contributed by atoms with Crippen LogP contribution in [-0.2, 0) is 10.1 Å². The van der Waals surface area contributed by atoms with Crippen molar-refractivity contribution in [2.24, 2.45) is 5.14 Å². The highest BCUT2D eigenvalue weighted by Gasteiger charge is 1.98. The molecule has 0 bridgehead atoms. The second kappa shape index (κ2) is 1.28. The molecule has 0 aromatic heterocycles. The molecular formula is C4H7NOS. The first kappa shape index (κ1) is 4.74. The molecule has 2 N–H and O–H groups in total. The van der Waals surface area contributed by atoms with E-state index in [4.69, 9.17) is 5.14 Å². The Morgan fingerprint density at radius 2 is 1.71 bits per heavy atom. The van der Waals surface area contributed by atoms with Gasteiger partial charge in [-0.25, -0.2) is 0 Å². The number of hydrogen-bond donors (Lipinski definition) is 2. The maximum atomic E-state index is 10.6. The van der Waals surface area contributed by atoms with Gasteiger partial charge in [0.25, 0.3) is 0 Å². The molecule has 0 spiro atoms. The van der Waals surface area contributed by atoms with E-state index in [-0.39, 0.29) is 0 Å². The van der Waals surface area contributed by atoms with Gasteiger partial charge in [0.15, 0.2) is 0 Å². The standard InChI is InChI=1S/C4H7NOS/c5-7(6)3-1-2-4-7/h1-4,7H,(H2,5,6). The molecule has 0 saturated carbocycles. The first-order valence-electron chi connectivity index (χ1n) is 1.96. The molecule has 0 aromatic carbocycles. The molecule has 1 rings (SSSR count). The highest BCUT2D eigenvalue weighted by molar-refractivity contribution is 8.06. The fourth-order valence-corrected chi connectivity index (χ4v) is 1.25. The lowest BCUT2D eigenvalue weighted by Gasteiger charge is -1.99. The highest BCUT2D eigenvalue weighted by atomic mass is 32.3. The van der Waals surface area contributed by atoms with Gasteiger partial charge in [0.05, 0.1) is 0 Å². The Hall–Kier alpha value is -0.410. The Balaban J connectivity index is 2.99. The first-order chi connectivity index (χ1) is 3.21. The molecule has 0 unspecified atom stereocenters. The van der Waals surface area contributed by atoms with Crippen molar-refractivity contribution < 1.29 is 4.21 Å². The van der Waals surface area contributed by atoms with Crippen LogP contribution in [0, 0.1) is 0 Å². The maximum Gasteiger partial charge on any atom is -0.00572 e. The third-order valence-electron chi connectivity index (χ3n) is 0.749. The Morgan fingerprint density at radius 3 is 1.86 bits per heavy atom. The topological polar surface area (TPSA) is 43.1 Å². The summed E-state index contributed by atoms with van der Waals surface area (Å²) in [5.74, 6) is 0. The SMILES string of the molecule is N[SH]1(=O)C=CC=C1. The highest BCUT2D eigenvalue weighted by Crippen LogP contribution is 2.05. The lowest BCUT2D eigenvalue weighted by molar-refractivity contribution is 0.684. The van der Waals surface area contributed by atoms with E-state index in [9.17, 15) is 4.21 Å². The molecule has 0 aromatic rings. The molecule has 0 aliphatic carbocycles. The predicted molar refractivity (Wildman–Crippen MR) is 32.0 cm³/mol. The van der Waals surface area contributed by atoms with E-state index >= 15 is 0 Å². The zero-order chi connectivity index (χ0) is 5.33. The maximum absolute atomic E-state index is 10.6. The molecule has 7 heavy (non-hydrogen) atoms. The van der Waals surface area contributed by atoms with Crippen molar-refractivity contribution in [2.45, 2.75) is 0 Å². The third kappa shape index (κ3) is 0.976. The second-order valence-corrected chi connectivity index (χ2v) is 3.57. The van der Waals surface area contributed by atoms with Crippen molar-refractivity contribution in [3.8, 4) is 0 Å². The first-order valence-corrected chi connectivity index (χ1v) is 3.87. The van der Waals surface area contributed by atoms with Gasteiger partial charge in [0.1, 0.15) is 0 Å². The van der Waals surface area contributed by atoms with E-state index in [0.717, 1.165) is 0 Å². The van der Waals surface area contributed by atoms with Gasteiger partial charge < -0.3 is 0 Å². The van der Waals surface area contributed by atoms with E-state index in [1.807, 2.05) is 0 Å². The molecule has 0 atom stereocenters. The molecule has 1 aliphatic heterocycles. The van der Waals surface area contributed by atoms with Crippen LogP contribution in [-0.4, -0.2) is 4.21 Å². The minimum absolute atomic E-state index is 1.52. The summed E-state index contributed by atoms with van der Waals surface area (Å²) < 4.78 is 10.6. The minimum atomic E-state index is -2.40. The van der Waals surface area contributed by atoms with Crippen molar-refractivity contribution in [2.75, 3.05) is 0 Å². The van der Waals surface area contributed by atoms with Crippen LogP contribution in [0.2, 0.25) is 0 Å². The van der Waals surface area contributed by atoms with Gasteiger partial charge in [-0.15, -0.1) is 0 Å². The van der Waals surface area contributed by atoms with Gasteiger partial charge >= 0.3 is 0 Å². The van der Waals surface area contributed by atoms with Crippen LogP contribution in [0.1, 0.15) is 0 Å². The van der Waals surface area contributed by atoms with E-state index in [1.165, 1.54) is 10.8 Å². The lowest BCUT2D eigenvalue weighted by atomic mass is 10.6. The molecule has 1 aliphatic rings. The van der Waals surface area contributed by atoms with Gasteiger partial charge in [0, 0.05) is 0 Å². The molecule has 40 valence electrons. The van der Waals surface area contributed by atoms with E-state index in [1.54, 1.807) is 12.2 Å². The van der Waals surface area contributed by atoms with E-state index in [2.05, 4.69) is 0 Å². The monoisotopic (exact) mass is 117 g/mol. The van der Waals surface area contributed by atoms with Crippen molar-refractivity contribution in [3.05, 3.63) is 23.0 Å². The molecule has 0 radical (unpaired) electrons. The minimum Gasteiger partial charge on any atom is -0.267 e. The Kier molecular flexibility index (Phi) is 0.867. The van der Waals surface area contributed by atoms with Gasteiger partial charge in [-0.05, 0) is 20.9 Å². The molecule has 1 heterocycles. The number of thiol groups is 1. The fourth-order valence-electron chi connectivity index (χ4n) is 0.418. The summed E-state index contributed by atoms with van der Waals surface area (Å²) in [6.45, 7) is 0. The Bertz CT molecular complexity index is 155. The zero-order valence-corrected chi connectivity index (χ0v) is 4.64. The van der Waals surface area contributed by atoms with Crippen LogP contribution in [0.25, 0.3) is 0 Å². The lowest BCUT2D eigenvalue weighted by Crippen LogP contribution is -2.12. The number of allylic oxidation sites excluding steroid dienone is 2. The molecular weight excluding hydrogens is 110 g/mol. The van der Waals surface area contributed by atoms with E-state index < -0.39 is 10.1 Å². The predicted octanol–water partition coefficient (Wildman–Crippen LogP) is -0.0822. The average Bonchev–Trinajstić information content (AvgIpc) is 1.84. The summed E-state index contributed by atoms with van der Waals surface area (Å²) in [4.78, 5) is 0. The normalized spacial score (nSPS) is 28.1. The van der Waals surface area contributed by atoms with Crippen LogP contribution in [0.4, 0.5) is 0 Å². The molecule has 0 saturated heterocycles. The number of nitrogens with two attached hydrogens (primary N) is 1. The summed E-state index contributed by atoms with van der Waals surface area (Å²) in [5.41, 5.74) is 0. The zero-order valence-electron chi connectivity index (χ0n) is 3.74. The third-order valence-corrected chi connectivity index (χ3v) is 2.03. The summed E-state index contributed by atoms with van der Waals surface area (Å²) in [6.07, 6.45) is 3.39. The van der Waals surface area contributed by atoms with Gasteiger partial charge in [-0.2, -0.15) is 0 Å². The summed E-state index contributed by atoms with van der Waals surface area (Å²) in [6, 6.07) is 0. The van der Waals surface area contributed by atoms with Gasteiger partial charge in [0.2, 0.25) is 0 Å².